The van der Waals surface area contributed by atoms with Gasteiger partial charge in [-0.2, -0.15) is 0 Å². The highest BCUT2D eigenvalue weighted by Crippen LogP contribution is 2.13. The minimum atomic E-state index is 0.0712. The van der Waals surface area contributed by atoms with E-state index in [1.165, 1.54) is 6.42 Å². The molecule has 1 aliphatic rings. The van der Waals surface area contributed by atoms with E-state index in [9.17, 15) is 0 Å². The second-order valence-electron chi connectivity index (χ2n) is 4.24. The van der Waals surface area contributed by atoms with Crippen LogP contribution in [0.4, 0.5) is 0 Å². The molecule has 1 rings (SSSR count). The molecule has 88 valence electrons. The van der Waals surface area contributed by atoms with Crippen molar-refractivity contribution in [3.8, 4) is 0 Å². The lowest BCUT2D eigenvalue weighted by molar-refractivity contribution is 0.0257. The van der Waals surface area contributed by atoms with Gasteiger partial charge in [-0.15, -0.1) is 0 Å². The Kier molecular flexibility index (Phi) is 4.84. The van der Waals surface area contributed by atoms with E-state index in [4.69, 9.17) is 15.7 Å². The number of nitrogens with two attached hydrogens (primary N) is 1. The molecule has 0 aromatic heterocycles. The van der Waals surface area contributed by atoms with Gasteiger partial charge in [-0.1, -0.05) is 12.1 Å². The third-order valence-corrected chi connectivity index (χ3v) is 2.94. The Bertz CT molecular complexity index is 215. The van der Waals surface area contributed by atoms with Gasteiger partial charge in [0.25, 0.3) is 0 Å². The molecule has 2 atom stereocenters. The van der Waals surface area contributed by atoms with Gasteiger partial charge >= 0.3 is 0 Å². The molecule has 0 saturated carbocycles. The minimum Gasteiger partial charge on any atom is -0.409 e. The third kappa shape index (κ3) is 3.68. The molecule has 1 saturated heterocycles. The van der Waals surface area contributed by atoms with Gasteiger partial charge in [0.1, 0.15) is 5.84 Å². The van der Waals surface area contributed by atoms with Crippen molar-refractivity contribution in [3.63, 3.8) is 0 Å². The summed E-state index contributed by atoms with van der Waals surface area (Å²) in [5.74, 6) is 0.362. The summed E-state index contributed by atoms with van der Waals surface area (Å²) in [5.41, 5.74) is 5.54. The van der Waals surface area contributed by atoms with Gasteiger partial charge in [0.05, 0.1) is 6.61 Å². The maximum Gasteiger partial charge on any atom is 0.143 e. The summed E-state index contributed by atoms with van der Waals surface area (Å²) in [5, 5.41) is 11.6. The predicted molar refractivity (Wildman–Crippen MR) is 59.0 cm³/mol. The van der Waals surface area contributed by atoms with Crippen LogP contribution in [0.25, 0.3) is 0 Å². The SMILES string of the molecule is CC(CN(C)C1CCCOC1)C(N)=NO. The number of likely N-dealkylation sites (N-methyl/N-ethyl adjacent to an activating group) is 1. The summed E-state index contributed by atoms with van der Waals surface area (Å²) in [7, 11) is 2.06. The molecule has 5 nitrogen and oxygen atoms in total. The molecule has 0 amide bonds. The van der Waals surface area contributed by atoms with Crippen LogP contribution in [0.1, 0.15) is 19.8 Å². The van der Waals surface area contributed by atoms with Gasteiger partial charge in [-0.3, -0.25) is 0 Å². The molecule has 0 spiro atoms. The molecule has 2 unspecified atom stereocenters. The predicted octanol–water partition coefficient (Wildman–Crippen LogP) is 0.480. The van der Waals surface area contributed by atoms with Gasteiger partial charge in [0, 0.05) is 25.1 Å². The van der Waals surface area contributed by atoms with Crippen LogP contribution in [0.15, 0.2) is 5.16 Å². The van der Waals surface area contributed by atoms with E-state index in [0.717, 1.165) is 26.2 Å². The zero-order valence-corrected chi connectivity index (χ0v) is 9.52. The first-order chi connectivity index (χ1) is 7.15. The Labute approximate surface area is 90.9 Å². The zero-order chi connectivity index (χ0) is 11.3. The fraction of sp³-hybridized carbons (Fsp3) is 0.900. The second kappa shape index (κ2) is 5.92. The molecule has 1 fully saturated rings. The van der Waals surface area contributed by atoms with Gasteiger partial charge < -0.3 is 20.6 Å². The van der Waals surface area contributed by atoms with Gasteiger partial charge in [0.2, 0.25) is 0 Å². The van der Waals surface area contributed by atoms with E-state index in [-0.39, 0.29) is 5.92 Å². The van der Waals surface area contributed by atoms with Crippen LogP contribution >= 0.6 is 0 Å². The van der Waals surface area contributed by atoms with Crippen LogP contribution in [-0.2, 0) is 4.74 Å². The molecule has 1 heterocycles. The quantitative estimate of drug-likeness (QED) is 0.310. The maximum atomic E-state index is 8.55. The average Bonchev–Trinajstić information content (AvgIpc) is 2.29. The molecule has 15 heavy (non-hydrogen) atoms. The minimum absolute atomic E-state index is 0.0712. The van der Waals surface area contributed by atoms with Crippen LogP contribution in [0.2, 0.25) is 0 Å². The smallest absolute Gasteiger partial charge is 0.143 e. The summed E-state index contributed by atoms with van der Waals surface area (Å²) < 4.78 is 5.42. The summed E-state index contributed by atoms with van der Waals surface area (Å²) in [6.45, 7) is 4.42. The highest BCUT2D eigenvalue weighted by molar-refractivity contribution is 5.82. The van der Waals surface area contributed by atoms with Crippen molar-refractivity contribution in [2.75, 3.05) is 26.8 Å². The van der Waals surface area contributed by atoms with Crippen molar-refractivity contribution < 1.29 is 9.94 Å². The van der Waals surface area contributed by atoms with E-state index >= 15 is 0 Å². The molecular formula is C10H21N3O2. The van der Waals surface area contributed by atoms with Crippen molar-refractivity contribution in [2.24, 2.45) is 16.8 Å². The van der Waals surface area contributed by atoms with Crippen molar-refractivity contribution in [1.29, 1.82) is 0 Å². The Morgan fingerprint density at radius 2 is 2.47 bits per heavy atom. The highest BCUT2D eigenvalue weighted by Gasteiger charge is 2.21. The third-order valence-electron chi connectivity index (χ3n) is 2.94. The van der Waals surface area contributed by atoms with Gasteiger partial charge in [-0.05, 0) is 19.9 Å². The second-order valence-corrected chi connectivity index (χ2v) is 4.24. The van der Waals surface area contributed by atoms with Crippen LogP contribution in [0.5, 0.6) is 0 Å². The molecule has 0 aliphatic carbocycles. The fourth-order valence-electron chi connectivity index (χ4n) is 1.84. The monoisotopic (exact) mass is 215 g/mol. The fourth-order valence-corrected chi connectivity index (χ4v) is 1.84. The molecule has 1 aliphatic heterocycles. The van der Waals surface area contributed by atoms with Crippen molar-refractivity contribution in [2.45, 2.75) is 25.8 Å². The summed E-state index contributed by atoms with van der Waals surface area (Å²) in [6, 6.07) is 0.465. The molecular weight excluding hydrogens is 194 g/mol. The van der Waals surface area contributed by atoms with Gasteiger partial charge in [-0.25, -0.2) is 0 Å². The molecule has 0 radical (unpaired) electrons. The Morgan fingerprint density at radius 3 is 3.00 bits per heavy atom. The van der Waals surface area contributed by atoms with E-state index in [1.807, 2.05) is 6.92 Å². The Balaban J connectivity index is 2.36. The summed E-state index contributed by atoms with van der Waals surface area (Å²) >= 11 is 0. The van der Waals surface area contributed by atoms with Crippen LogP contribution in [-0.4, -0.2) is 48.8 Å². The number of oxime groups is 1. The lowest BCUT2D eigenvalue weighted by Gasteiger charge is -2.32. The Morgan fingerprint density at radius 1 is 1.73 bits per heavy atom. The first-order valence-corrected chi connectivity index (χ1v) is 5.40. The van der Waals surface area contributed by atoms with Crippen LogP contribution < -0.4 is 5.73 Å². The standard InChI is InChI=1S/C10H21N3O2/c1-8(10(11)12-14)6-13(2)9-4-3-5-15-7-9/h8-9,14H,3-7H2,1-2H3,(H2,11,12). The first kappa shape index (κ1) is 12.3. The number of rotatable bonds is 4. The number of nitrogens with zero attached hydrogens (tertiary/aromatic N) is 2. The molecule has 0 aromatic carbocycles. The van der Waals surface area contributed by atoms with Crippen LogP contribution in [0.3, 0.4) is 0 Å². The highest BCUT2D eigenvalue weighted by atomic mass is 16.5. The van der Waals surface area contributed by atoms with E-state index < -0.39 is 0 Å². The van der Waals surface area contributed by atoms with E-state index in [2.05, 4.69) is 17.1 Å². The number of amidine groups is 1. The zero-order valence-electron chi connectivity index (χ0n) is 9.52. The lowest BCUT2D eigenvalue weighted by atomic mass is 10.1. The van der Waals surface area contributed by atoms with Crippen molar-refractivity contribution in [3.05, 3.63) is 0 Å². The molecule has 0 bridgehead atoms. The van der Waals surface area contributed by atoms with Crippen molar-refractivity contribution in [1.82, 2.24) is 4.90 Å². The molecule has 5 heteroatoms. The largest absolute Gasteiger partial charge is 0.409 e. The normalized spacial score (nSPS) is 25.5. The summed E-state index contributed by atoms with van der Waals surface area (Å²) in [4.78, 5) is 2.22. The topological polar surface area (TPSA) is 71.1 Å². The van der Waals surface area contributed by atoms with E-state index in [1.54, 1.807) is 0 Å². The number of hydrogen-bond acceptors (Lipinski definition) is 4. The average molecular weight is 215 g/mol. The Hall–Kier alpha value is -0.810. The molecule has 3 N–H and O–H groups in total. The van der Waals surface area contributed by atoms with Crippen molar-refractivity contribution >= 4 is 5.84 Å². The summed E-state index contributed by atoms with van der Waals surface area (Å²) in [6.07, 6.45) is 2.28. The van der Waals surface area contributed by atoms with E-state index in [0.29, 0.717) is 11.9 Å². The number of ether oxygens (including phenoxy) is 1. The maximum absolute atomic E-state index is 8.55. The lowest BCUT2D eigenvalue weighted by Crippen LogP contribution is -2.42. The van der Waals surface area contributed by atoms with Crippen LogP contribution in [0, 0.1) is 5.92 Å². The first-order valence-electron chi connectivity index (χ1n) is 5.40. The van der Waals surface area contributed by atoms with Gasteiger partial charge in [0.15, 0.2) is 0 Å². The molecule has 0 aromatic rings. The number of hydrogen-bond donors (Lipinski definition) is 2.